The van der Waals surface area contributed by atoms with Crippen LogP contribution in [0.5, 0.6) is 0 Å². The molecule has 0 aliphatic carbocycles. The Morgan fingerprint density at radius 1 is 1.35 bits per heavy atom. The molecular weight excluding hydrogens is 318 g/mol. The molecule has 3 N–H and O–H groups in total. The van der Waals surface area contributed by atoms with E-state index in [9.17, 15) is 14.9 Å². The Bertz CT molecular complexity index is 746. The van der Waals surface area contributed by atoms with Crippen LogP contribution in [0.4, 0.5) is 17.2 Å². The second-order valence-corrected chi connectivity index (χ2v) is 5.77. The number of nitrogen functional groups attached to an aromatic ring is 1. The van der Waals surface area contributed by atoms with Gasteiger partial charge >= 0.3 is 0 Å². The van der Waals surface area contributed by atoms with E-state index in [1.165, 1.54) is 12.1 Å². The molecule has 1 amide bonds. The van der Waals surface area contributed by atoms with Gasteiger partial charge in [-0.25, -0.2) is 9.97 Å². The van der Waals surface area contributed by atoms with Gasteiger partial charge in [-0.1, -0.05) is 17.8 Å². The van der Waals surface area contributed by atoms with E-state index in [4.69, 9.17) is 5.73 Å². The van der Waals surface area contributed by atoms with E-state index >= 15 is 0 Å². The minimum atomic E-state index is -0.528. The third kappa shape index (κ3) is 4.65. The van der Waals surface area contributed by atoms with E-state index in [0.29, 0.717) is 16.7 Å². The van der Waals surface area contributed by atoms with Crippen LogP contribution in [-0.2, 0) is 4.79 Å². The summed E-state index contributed by atoms with van der Waals surface area (Å²) in [6, 6.07) is 6.24. The molecular formula is C14H15N5O3S. The first-order valence-electron chi connectivity index (χ1n) is 6.64. The number of nitrogens with zero attached hydrogens (tertiary/aromatic N) is 3. The number of nitro benzene ring substituents is 1. The molecule has 0 fully saturated rings. The Kier molecular flexibility index (Phi) is 5.12. The Hall–Kier alpha value is -2.68. The second kappa shape index (κ2) is 7.05. The molecule has 120 valence electrons. The molecule has 0 aliphatic heterocycles. The lowest BCUT2D eigenvalue weighted by Crippen LogP contribution is -2.15. The third-order valence-electron chi connectivity index (χ3n) is 2.81. The number of anilines is 2. The van der Waals surface area contributed by atoms with Gasteiger partial charge < -0.3 is 11.1 Å². The first-order valence-corrected chi connectivity index (χ1v) is 7.62. The molecule has 0 spiro atoms. The van der Waals surface area contributed by atoms with Crippen molar-refractivity contribution in [2.45, 2.75) is 19.0 Å². The molecule has 23 heavy (non-hydrogen) atoms. The van der Waals surface area contributed by atoms with Gasteiger partial charge in [-0.2, -0.15) is 0 Å². The van der Waals surface area contributed by atoms with E-state index in [2.05, 4.69) is 15.3 Å². The first kappa shape index (κ1) is 16.7. The van der Waals surface area contributed by atoms with Gasteiger partial charge in [-0.05, 0) is 25.5 Å². The third-order valence-corrected chi connectivity index (χ3v) is 3.66. The van der Waals surface area contributed by atoms with Crippen molar-refractivity contribution in [3.05, 3.63) is 45.6 Å². The van der Waals surface area contributed by atoms with Crippen LogP contribution in [0, 0.1) is 24.0 Å². The second-order valence-electron chi connectivity index (χ2n) is 4.83. The highest BCUT2D eigenvalue weighted by molar-refractivity contribution is 7.99. The molecule has 0 aliphatic rings. The minimum absolute atomic E-state index is 0.0218. The van der Waals surface area contributed by atoms with Crippen LogP contribution in [0.1, 0.15) is 11.3 Å². The number of aryl methyl sites for hydroxylation is 2. The highest BCUT2D eigenvalue weighted by Crippen LogP contribution is 2.25. The first-order chi connectivity index (χ1) is 10.8. The highest BCUT2D eigenvalue weighted by Gasteiger charge is 2.16. The van der Waals surface area contributed by atoms with Gasteiger partial charge in [0.1, 0.15) is 11.5 Å². The summed E-state index contributed by atoms with van der Waals surface area (Å²) in [7, 11) is 0. The summed E-state index contributed by atoms with van der Waals surface area (Å²) in [6.07, 6.45) is 0. The van der Waals surface area contributed by atoms with Crippen molar-refractivity contribution in [3.63, 3.8) is 0 Å². The number of carbonyl (C=O) groups is 1. The number of nitrogens with two attached hydrogens (primary N) is 1. The van der Waals surface area contributed by atoms with Crippen LogP contribution >= 0.6 is 11.8 Å². The van der Waals surface area contributed by atoms with Crippen molar-refractivity contribution in [3.8, 4) is 0 Å². The van der Waals surface area contributed by atoms with Crippen molar-refractivity contribution >= 4 is 34.9 Å². The van der Waals surface area contributed by atoms with Gasteiger partial charge in [0.15, 0.2) is 5.16 Å². The SMILES string of the molecule is Cc1ccc(NC(=O)CSc2nc(C)cc(N)n2)c([N+](=O)[O-])c1. The van der Waals surface area contributed by atoms with Crippen LogP contribution in [-0.4, -0.2) is 26.6 Å². The largest absolute Gasteiger partial charge is 0.384 e. The molecule has 0 saturated heterocycles. The van der Waals surface area contributed by atoms with E-state index < -0.39 is 4.92 Å². The number of aromatic nitrogens is 2. The molecule has 1 aromatic heterocycles. The van der Waals surface area contributed by atoms with Gasteiger partial charge in [-0.3, -0.25) is 14.9 Å². The zero-order valence-electron chi connectivity index (χ0n) is 12.6. The Morgan fingerprint density at radius 3 is 2.74 bits per heavy atom. The highest BCUT2D eigenvalue weighted by atomic mass is 32.2. The maximum atomic E-state index is 12.0. The summed E-state index contributed by atoms with van der Waals surface area (Å²) in [6.45, 7) is 3.52. The maximum Gasteiger partial charge on any atom is 0.293 e. The van der Waals surface area contributed by atoms with E-state index in [1.807, 2.05) is 0 Å². The number of hydrogen-bond acceptors (Lipinski definition) is 7. The van der Waals surface area contributed by atoms with Crippen LogP contribution in [0.15, 0.2) is 29.4 Å². The van der Waals surface area contributed by atoms with Crippen molar-refractivity contribution in [2.24, 2.45) is 0 Å². The molecule has 0 atom stereocenters. The number of carbonyl (C=O) groups excluding carboxylic acids is 1. The molecule has 2 aromatic rings. The van der Waals surface area contributed by atoms with Crippen LogP contribution < -0.4 is 11.1 Å². The van der Waals surface area contributed by atoms with Gasteiger partial charge in [-0.15, -0.1) is 0 Å². The summed E-state index contributed by atoms with van der Waals surface area (Å²) < 4.78 is 0. The lowest BCUT2D eigenvalue weighted by molar-refractivity contribution is -0.384. The van der Waals surface area contributed by atoms with Gasteiger partial charge in [0.2, 0.25) is 5.91 Å². The standard InChI is InChI=1S/C14H15N5O3S/c1-8-3-4-10(11(5-8)19(21)22)17-13(20)7-23-14-16-9(2)6-12(15)18-14/h3-6H,7H2,1-2H3,(H,17,20)(H2,15,16,18). The summed E-state index contributed by atoms with van der Waals surface area (Å²) in [5.41, 5.74) is 7.09. The summed E-state index contributed by atoms with van der Waals surface area (Å²) >= 11 is 1.11. The Balaban J connectivity index is 2.04. The average molecular weight is 333 g/mol. The zero-order valence-corrected chi connectivity index (χ0v) is 13.4. The number of benzene rings is 1. The summed E-state index contributed by atoms with van der Waals surface area (Å²) in [4.78, 5) is 30.6. The van der Waals surface area contributed by atoms with Crippen molar-refractivity contribution in [2.75, 3.05) is 16.8 Å². The maximum absolute atomic E-state index is 12.0. The summed E-state index contributed by atoms with van der Waals surface area (Å²) in [5, 5.41) is 13.9. The molecule has 8 nitrogen and oxygen atoms in total. The van der Waals surface area contributed by atoms with E-state index in [0.717, 1.165) is 17.3 Å². The molecule has 0 saturated carbocycles. The number of hydrogen-bond donors (Lipinski definition) is 2. The fourth-order valence-electron chi connectivity index (χ4n) is 1.84. The number of rotatable bonds is 5. The molecule has 0 bridgehead atoms. The smallest absolute Gasteiger partial charge is 0.293 e. The van der Waals surface area contributed by atoms with Crippen LogP contribution in [0.3, 0.4) is 0 Å². The predicted octanol–water partition coefficient (Wildman–Crippen LogP) is 2.31. The van der Waals surface area contributed by atoms with Crippen LogP contribution in [0.2, 0.25) is 0 Å². The lowest BCUT2D eigenvalue weighted by atomic mass is 10.2. The lowest BCUT2D eigenvalue weighted by Gasteiger charge is -2.07. The molecule has 0 radical (unpaired) electrons. The monoisotopic (exact) mass is 333 g/mol. The Morgan fingerprint density at radius 2 is 2.09 bits per heavy atom. The quantitative estimate of drug-likeness (QED) is 0.372. The summed E-state index contributed by atoms with van der Waals surface area (Å²) in [5.74, 6) is -0.0336. The number of amides is 1. The minimum Gasteiger partial charge on any atom is -0.384 e. The fourth-order valence-corrected chi connectivity index (χ4v) is 2.56. The van der Waals surface area contributed by atoms with Crippen molar-refractivity contribution in [1.82, 2.24) is 9.97 Å². The van der Waals surface area contributed by atoms with Crippen molar-refractivity contribution in [1.29, 1.82) is 0 Å². The average Bonchev–Trinajstić information content (AvgIpc) is 2.46. The predicted molar refractivity (Wildman–Crippen MR) is 88.4 cm³/mol. The van der Waals surface area contributed by atoms with E-state index in [-0.39, 0.29) is 23.0 Å². The van der Waals surface area contributed by atoms with E-state index in [1.54, 1.807) is 26.0 Å². The molecule has 1 heterocycles. The molecule has 0 unspecified atom stereocenters. The Labute approximate surface area is 136 Å². The number of thioether (sulfide) groups is 1. The molecule has 9 heteroatoms. The topological polar surface area (TPSA) is 124 Å². The van der Waals surface area contributed by atoms with Gasteiger partial charge in [0.25, 0.3) is 5.69 Å². The van der Waals surface area contributed by atoms with Gasteiger partial charge in [0.05, 0.1) is 10.7 Å². The fraction of sp³-hybridized carbons (Fsp3) is 0.214. The van der Waals surface area contributed by atoms with Crippen LogP contribution in [0.25, 0.3) is 0 Å². The van der Waals surface area contributed by atoms with Crippen molar-refractivity contribution < 1.29 is 9.72 Å². The number of nitrogens with one attached hydrogen (secondary N) is 1. The zero-order chi connectivity index (χ0) is 17.0. The molecule has 2 rings (SSSR count). The normalized spacial score (nSPS) is 10.3. The van der Waals surface area contributed by atoms with Gasteiger partial charge in [0, 0.05) is 17.8 Å². The number of nitro groups is 1. The molecule has 1 aromatic carbocycles.